The van der Waals surface area contributed by atoms with Crippen LogP contribution in [0.1, 0.15) is 24.0 Å². The van der Waals surface area contributed by atoms with Crippen molar-refractivity contribution in [3.63, 3.8) is 0 Å². The number of aryl methyl sites for hydroxylation is 2. The first-order chi connectivity index (χ1) is 12.1. The van der Waals surface area contributed by atoms with Gasteiger partial charge in [0.05, 0.1) is 25.0 Å². The van der Waals surface area contributed by atoms with Crippen molar-refractivity contribution in [2.75, 3.05) is 31.6 Å². The molecule has 2 unspecified atom stereocenters. The summed E-state index contributed by atoms with van der Waals surface area (Å²) in [6, 6.07) is 5.96. The van der Waals surface area contributed by atoms with Gasteiger partial charge in [-0.2, -0.15) is 0 Å². The van der Waals surface area contributed by atoms with Crippen LogP contribution in [-0.2, 0) is 14.3 Å². The lowest BCUT2D eigenvalue weighted by Gasteiger charge is -2.34. The molecule has 0 saturated carbocycles. The van der Waals surface area contributed by atoms with Crippen LogP contribution in [0.4, 0.5) is 5.69 Å². The van der Waals surface area contributed by atoms with E-state index < -0.39 is 0 Å². The molecule has 1 aromatic rings. The van der Waals surface area contributed by atoms with Gasteiger partial charge in [-0.15, -0.1) is 0 Å². The van der Waals surface area contributed by atoms with Crippen molar-refractivity contribution >= 4 is 17.5 Å². The lowest BCUT2D eigenvalue weighted by Crippen LogP contribution is -2.47. The van der Waals surface area contributed by atoms with Gasteiger partial charge in [-0.1, -0.05) is 29.8 Å². The Labute approximate surface area is 149 Å². The Balaban J connectivity index is 1.72. The van der Waals surface area contributed by atoms with Crippen LogP contribution in [0, 0.1) is 25.7 Å². The van der Waals surface area contributed by atoms with Crippen molar-refractivity contribution in [2.24, 2.45) is 11.8 Å². The molecular formula is C20H26N2O3. The molecule has 1 fully saturated rings. The fourth-order valence-electron chi connectivity index (χ4n) is 3.57. The Morgan fingerprint density at radius 3 is 2.44 bits per heavy atom. The van der Waals surface area contributed by atoms with Gasteiger partial charge in [0.25, 0.3) is 0 Å². The number of hydrogen-bond acceptors (Lipinski definition) is 3. The molecule has 0 aromatic heterocycles. The molecular weight excluding hydrogens is 316 g/mol. The van der Waals surface area contributed by atoms with Gasteiger partial charge in [0.15, 0.2) is 0 Å². The number of benzene rings is 1. The number of carbonyl (C=O) groups is 2. The lowest BCUT2D eigenvalue weighted by atomic mass is 9.81. The first-order valence-electron chi connectivity index (χ1n) is 8.96. The fraction of sp³-hybridized carbons (Fsp3) is 0.500. The molecule has 5 nitrogen and oxygen atoms in total. The molecule has 25 heavy (non-hydrogen) atoms. The number of anilines is 1. The first kappa shape index (κ1) is 17.7. The molecule has 0 spiro atoms. The second kappa shape index (κ2) is 7.83. The van der Waals surface area contributed by atoms with Gasteiger partial charge in [-0.05, 0) is 38.3 Å². The zero-order valence-corrected chi connectivity index (χ0v) is 15.0. The summed E-state index contributed by atoms with van der Waals surface area (Å²) in [4.78, 5) is 27.6. The van der Waals surface area contributed by atoms with Crippen molar-refractivity contribution in [3.8, 4) is 0 Å². The lowest BCUT2D eigenvalue weighted by molar-refractivity contribution is -0.144. The van der Waals surface area contributed by atoms with E-state index in [0.717, 1.165) is 16.8 Å². The van der Waals surface area contributed by atoms with Crippen molar-refractivity contribution in [2.45, 2.75) is 26.7 Å². The van der Waals surface area contributed by atoms with Gasteiger partial charge in [0.1, 0.15) is 0 Å². The maximum atomic E-state index is 12.9. The van der Waals surface area contributed by atoms with Crippen LogP contribution in [-0.4, -0.2) is 43.0 Å². The number of ether oxygens (including phenoxy) is 1. The SMILES string of the molecule is Cc1ccc(NC(=O)C2CC=CCC2C(=O)N2CCOCC2)c(C)c1. The smallest absolute Gasteiger partial charge is 0.228 e. The third-order valence-corrected chi connectivity index (χ3v) is 5.05. The molecule has 0 radical (unpaired) electrons. The summed E-state index contributed by atoms with van der Waals surface area (Å²) in [5, 5.41) is 3.03. The summed E-state index contributed by atoms with van der Waals surface area (Å²) >= 11 is 0. The molecule has 2 atom stereocenters. The molecule has 3 rings (SSSR count). The number of morpholine rings is 1. The van der Waals surface area contributed by atoms with Crippen LogP contribution in [0.2, 0.25) is 0 Å². The molecule has 2 aliphatic rings. The van der Waals surface area contributed by atoms with E-state index in [1.165, 1.54) is 0 Å². The van der Waals surface area contributed by atoms with Gasteiger partial charge >= 0.3 is 0 Å². The van der Waals surface area contributed by atoms with E-state index >= 15 is 0 Å². The van der Waals surface area contributed by atoms with Crippen LogP contribution < -0.4 is 5.32 Å². The van der Waals surface area contributed by atoms with E-state index in [9.17, 15) is 9.59 Å². The molecule has 1 aliphatic heterocycles. The second-order valence-electron chi connectivity index (χ2n) is 6.90. The van der Waals surface area contributed by atoms with Crippen LogP contribution in [0.3, 0.4) is 0 Å². The molecule has 1 aromatic carbocycles. The van der Waals surface area contributed by atoms with E-state index in [-0.39, 0.29) is 23.7 Å². The van der Waals surface area contributed by atoms with Crippen LogP contribution in [0.25, 0.3) is 0 Å². The zero-order valence-electron chi connectivity index (χ0n) is 15.0. The van der Waals surface area contributed by atoms with E-state index in [2.05, 4.69) is 5.32 Å². The van der Waals surface area contributed by atoms with Crippen molar-refractivity contribution in [1.29, 1.82) is 0 Å². The Morgan fingerprint density at radius 2 is 1.76 bits per heavy atom. The molecule has 0 bridgehead atoms. The highest BCUT2D eigenvalue weighted by atomic mass is 16.5. The molecule has 134 valence electrons. The standard InChI is InChI=1S/C20H26N2O3/c1-14-7-8-18(15(2)13-14)21-19(23)16-5-3-4-6-17(16)20(24)22-9-11-25-12-10-22/h3-4,7-8,13,16-17H,5-6,9-12H2,1-2H3,(H,21,23). The average molecular weight is 342 g/mol. The first-order valence-corrected chi connectivity index (χ1v) is 8.96. The number of hydrogen-bond donors (Lipinski definition) is 1. The monoisotopic (exact) mass is 342 g/mol. The summed E-state index contributed by atoms with van der Waals surface area (Å²) < 4.78 is 5.33. The van der Waals surface area contributed by atoms with Gasteiger partial charge in [-0.25, -0.2) is 0 Å². The third-order valence-electron chi connectivity index (χ3n) is 5.05. The number of carbonyl (C=O) groups excluding carboxylic acids is 2. The summed E-state index contributed by atoms with van der Waals surface area (Å²) in [5.41, 5.74) is 3.02. The largest absolute Gasteiger partial charge is 0.378 e. The number of amides is 2. The number of nitrogens with zero attached hydrogens (tertiary/aromatic N) is 1. The highest BCUT2D eigenvalue weighted by Crippen LogP contribution is 2.29. The van der Waals surface area contributed by atoms with Gasteiger partial charge in [-0.3, -0.25) is 9.59 Å². The molecule has 1 N–H and O–H groups in total. The Morgan fingerprint density at radius 1 is 1.08 bits per heavy atom. The molecule has 1 aliphatic carbocycles. The number of rotatable bonds is 3. The molecule has 1 saturated heterocycles. The summed E-state index contributed by atoms with van der Waals surface area (Å²) in [7, 11) is 0. The average Bonchev–Trinajstić information content (AvgIpc) is 2.64. The maximum absolute atomic E-state index is 12.9. The van der Waals surface area contributed by atoms with E-state index in [1.807, 2.05) is 49.1 Å². The minimum Gasteiger partial charge on any atom is -0.378 e. The minimum atomic E-state index is -0.318. The summed E-state index contributed by atoms with van der Waals surface area (Å²) in [6.45, 7) is 6.40. The fourth-order valence-corrected chi connectivity index (χ4v) is 3.57. The van der Waals surface area contributed by atoms with Gasteiger partial charge in [0.2, 0.25) is 11.8 Å². The van der Waals surface area contributed by atoms with Crippen LogP contribution >= 0.6 is 0 Å². The maximum Gasteiger partial charge on any atom is 0.228 e. The molecule has 5 heteroatoms. The number of nitrogens with one attached hydrogen (secondary N) is 1. The second-order valence-corrected chi connectivity index (χ2v) is 6.90. The van der Waals surface area contributed by atoms with Crippen molar-refractivity contribution in [1.82, 2.24) is 4.90 Å². The predicted octanol–water partition coefficient (Wildman–Crippen LogP) is 2.68. The highest BCUT2D eigenvalue weighted by Gasteiger charge is 2.36. The van der Waals surface area contributed by atoms with Gasteiger partial charge < -0.3 is 15.0 Å². The zero-order chi connectivity index (χ0) is 17.8. The third kappa shape index (κ3) is 4.10. The van der Waals surface area contributed by atoms with E-state index in [0.29, 0.717) is 39.1 Å². The molecule has 1 heterocycles. The van der Waals surface area contributed by atoms with Crippen molar-refractivity contribution in [3.05, 3.63) is 41.5 Å². The Bertz CT molecular complexity index is 678. The van der Waals surface area contributed by atoms with E-state index in [4.69, 9.17) is 4.74 Å². The summed E-state index contributed by atoms with van der Waals surface area (Å²) in [5.74, 6) is -0.591. The topological polar surface area (TPSA) is 58.6 Å². The normalized spacial score (nSPS) is 23.4. The predicted molar refractivity (Wildman–Crippen MR) is 97.3 cm³/mol. The highest BCUT2D eigenvalue weighted by molar-refractivity contribution is 5.97. The quantitative estimate of drug-likeness (QED) is 0.859. The van der Waals surface area contributed by atoms with E-state index in [1.54, 1.807) is 0 Å². The van der Waals surface area contributed by atoms with Crippen molar-refractivity contribution < 1.29 is 14.3 Å². The van der Waals surface area contributed by atoms with Crippen LogP contribution in [0.5, 0.6) is 0 Å². The minimum absolute atomic E-state index is 0.0667. The summed E-state index contributed by atoms with van der Waals surface area (Å²) in [6.07, 6.45) is 5.26. The Hall–Kier alpha value is -2.14. The number of allylic oxidation sites excluding steroid dienone is 2. The van der Waals surface area contributed by atoms with Crippen LogP contribution in [0.15, 0.2) is 30.4 Å². The molecule has 2 amide bonds. The Kier molecular flexibility index (Phi) is 5.53. The van der Waals surface area contributed by atoms with Gasteiger partial charge in [0, 0.05) is 18.8 Å².